The van der Waals surface area contributed by atoms with E-state index in [0.717, 1.165) is 23.0 Å². The van der Waals surface area contributed by atoms with Crippen LogP contribution in [0.3, 0.4) is 0 Å². The first kappa shape index (κ1) is 21.8. The van der Waals surface area contributed by atoms with Crippen molar-refractivity contribution in [1.29, 1.82) is 0 Å². The fourth-order valence-corrected chi connectivity index (χ4v) is 2.96. The van der Waals surface area contributed by atoms with E-state index in [2.05, 4.69) is 15.2 Å². The van der Waals surface area contributed by atoms with Crippen molar-refractivity contribution >= 4 is 11.9 Å². The number of nitrogens with zero attached hydrogens (tertiary/aromatic N) is 4. The third-order valence-corrected chi connectivity index (χ3v) is 4.40. The predicted octanol–water partition coefficient (Wildman–Crippen LogP) is 3.29. The Morgan fingerprint density at radius 1 is 1.15 bits per heavy atom. The Morgan fingerprint density at radius 3 is 2.52 bits per heavy atom. The molecule has 0 saturated heterocycles. The van der Waals surface area contributed by atoms with Gasteiger partial charge in [0, 0.05) is 12.5 Å². The van der Waals surface area contributed by atoms with Crippen LogP contribution < -0.4 is 5.73 Å². The number of carbonyl (C=O) groups is 2. The maximum atomic E-state index is 13.6. The second kappa shape index (κ2) is 7.93. The molecule has 0 saturated carbocycles. The number of aromatic nitrogens is 4. The highest BCUT2D eigenvalue weighted by molar-refractivity contribution is 5.97. The zero-order valence-corrected chi connectivity index (χ0v) is 16.8. The van der Waals surface area contributed by atoms with Crippen molar-refractivity contribution in [3.8, 4) is 22.9 Å². The molecule has 33 heavy (non-hydrogen) atoms. The summed E-state index contributed by atoms with van der Waals surface area (Å²) in [4.78, 5) is 28.3. The quantitative estimate of drug-likeness (QED) is 0.426. The second-order valence-electron chi connectivity index (χ2n) is 6.96. The van der Waals surface area contributed by atoms with E-state index in [4.69, 9.17) is 14.6 Å². The first-order valence-corrected chi connectivity index (χ1v) is 9.25. The highest BCUT2D eigenvalue weighted by Gasteiger charge is 2.30. The molecule has 0 aliphatic carbocycles. The molecule has 0 fully saturated rings. The Morgan fingerprint density at radius 2 is 1.91 bits per heavy atom. The van der Waals surface area contributed by atoms with Crippen molar-refractivity contribution in [3.63, 3.8) is 0 Å². The Balaban J connectivity index is 1.75. The highest BCUT2D eigenvalue weighted by Crippen LogP contribution is 2.31. The number of hydrogen-bond acceptors (Lipinski definition) is 7. The van der Waals surface area contributed by atoms with Gasteiger partial charge in [0.15, 0.2) is 28.6 Å². The van der Waals surface area contributed by atoms with Gasteiger partial charge in [0.1, 0.15) is 18.1 Å². The number of nitrogens with two attached hydrogens (primary N) is 1. The molecule has 0 unspecified atom stereocenters. The standard InChI is InChI=1S/C20H14F3N5O5/c1-20(22,23)12-6-5-11(32-12)8-28-26-13(17(24)29)14(27-28)18-25-15(19(30)31)16(33-18)9-3-2-4-10(21)7-9/h2-7H,8H2,1H3,(H2,24,29)(H,30,31). The first-order chi connectivity index (χ1) is 15.5. The summed E-state index contributed by atoms with van der Waals surface area (Å²) in [6.07, 6.45) is 0. The molecule has 4 rings (SSSR count). The number of carbonyl (C=O) groups excluding carboxylic acids is 1. The Bertz CT molecular complexity index is 1370. The van der Waals surface area contributed by atoms with Gasteiger partial charge in [-0.15, -0.1) is 10.2 Å². The van der Waals surface area contributed by atoms with Crippen LogP contribution in [0.1, 0.15) is 39.4 Å². The van der Waals surface area contributed by atoms with Crippen molar-refractivity contribution in [2.45, 2.75) is 19.4 Å². The summed E-state index contributed by atoms with van der Waals surface area (Å²) < 4.78 is 51.0. The van der Waals surface area contributed by atoms with Gasteiger partial charge in [0.25, 0.3) is 11.8 Å². The normalized spacial score (nSPS) is 11.6. The predicted molar refractivity (Wildman–Crippen MR) is 104 cm³/mol. The van der Waals surface area contributed by atoms with Crippen LogP contribution in [0.25, 0.3) is 22.9 Å². The SMILES string of the molecule is CC(F)(F)c1ccc(Cn2nc(C(N)=O)c(-c3nc(C(=O)O)c(-c4cccc(F)c4)o3)n2)o1. The second-order valence-corrected chi connectivity index (χ2v) is 6.96. The third-order valence-electron chi connectivity index (χ3n) is 4.40. The smallest absolute Gasteiger partial charge is 0.358 e. The summed E-state index contributed by atoms with van der Waals surface area (Å²) in [6, 6.07) is 7.33. The minimum Gasteiger partial charge on any atom is -0.476 e. The van der Waals surface area contributed by atoms with E-state index >= 15 is 0 Å². The van der Waals surface area contributed by atoms with Crippen LogP contribution in [0.2, 0.25) is 0 Å². The molecule has 13 heteroatoms. The number of carboxylic acids is 1. The number of furan rings is 1. The van der Waals surface area contributed by atoms with E-state index < -0.39 is 46.7 Å². The van der Waals surface area contributed by atoms with Gasteiger partial charge in [0.05, 0.1) is 0 Å². The lowest BCUT2D eigenvalue weighted by Crippen LogP contribution is -2.14. The molecule has 3 aromatic heterocycles. The van der Waals surface area contributed by atoms with E-state index in [1.165, 1.54) is 18.2 Å². The summed E-state index contributed by atoms with van der Waals surface area (Å²) in [5, 5.41) is 17.4. The van der Waals surface area contributed by atoms with Crippen LogP contribution in [0, 0.1) is 5.82 Å². The molecule has 0 atom stereocenters. The Hall–Kier alpha value is -4.42. The number of hydrogen-bond donors (Lipinski definition) is 2. The van der Waals surface area contributed by atoms with Gasteiger partial charge in [-0.3, -0.25) is 4.79 Å². The van der Waals surface area contributed by atoms with E-state index in [1.807, 2.05) is 0 Å². The zero-order chi connectivity index (χ0) is 23.9. The summed E-state index contributed by atoms with van der Waals surface area (Å²) in [6.45, 7) is 0.420. The van der Waals surface area contributed by atoms with Crippen molar-refractivity contribution in [1.82, 2.24) is 20.0 Å². The molecular formula is C20H14F3N5O5. The van der Waals surface area contributed by atoms with Crippen molar-refractivity contribution in [2.24, 2.45) is 5.73 Å². The largest absolute Gasteiger partial charge is 0.476 e. The van der Waals surface area contributed by atoms with Crippen LogP contribution in [-0.4, -0.2) is 37.0 Å². The zero-order valence-electron chi connectivity index (χ0n) is 16.8. The number of alkyl halides is 2. The number of aromatic carboxylic acids is 1. The van der Waals surface area contributed by atoms with Crippen LogP contribution in [-0.2, 0) is 12.5 Å². The average Bonchev–Trinajstić information content (AvgIpc) is 3.45. The van der Waals surface area contributed by atoms with Crippen molar-refractivity contribution < 1.29 is 36.7 Å². The first-order valence-electron chi connectivity index (χ1n) is 9.25. The van der Waals surface area contributed by atoms with Gasteiger partial charge < -0.3 is 19.7 Å². The maximum Gasteiger partial charge on any atom is 0.358 e. The van der Waals surface area contributed by atoms with Gasteiger partial charge in [-0.05, 0) is 24.3 Å². The summed E-state index contributed by atoms with van der Waals surface area (Å²) in [7, 11) is 0. The van der Waals surface area contributed by atoms with Gasteiger partial charge >= 0.3 is 11.9 Å². The average molecular weight is 461 g/mol. The van der Waals surface area contributed by atoms with Gasteiger partial charge in [-0.2, -0.15) is 18.6 Å². The van der Waals surface area contributed by atoms with Crippen LogP contribution in [0.5, 0.6) is 0 Å². The van der Waals surface area contributed by atoms with Crippen molar-refractivity contribution in [2.75, 3.05) is 0 Å². The molecule has 3 N–H and O–H groups in total. The molecule has 4 aromatic rings. The monoisotopic (exact) mass is 461 g/mol. The summed E-state index contributed by atoms with van der Waals surface area (Å²) in [5.41, 5.74) is 4.17. The highest BCUT2D eigenvalue weighted by atomic mass is 19.3. The molecule has 0 radical (unpaired) electrons. The van der Waals surface area contributed by atoms with E-state index in [1.54, 1.807) is 0 Å². The van der Waals surface area contributed by atoms with E-state index in [9.17, 15) is 27.9 Å². The number of amides is 1. The molecule has 0 aliphatic rings. The molecular weight excluding hydrogens is 447 g/mol. The molecule has 1 aromatic carbocycles. The van der Waals surface area contributed by atoms with E-state index in [-0.39, 0.29) is 29.3 Å². The summed E-state index contributed by atoms with van der Waals surface area (Å²) in [5.74, 6) is -7.53. The molecule has 1 amide bonds. The molecule has 0 bridgehead atoms. The minimum absolute atomic E-state index is 0.0585. The fraction of sp³-hybridized carbons (Fsp3) is 0.150. The molecule has 0 aliphatic heterocycles. The number of oxazole rings is 1. The summed E-state index contributed by atoms with van der Waals surface area (Å²) >= 11 is 0. The maximum absolute atomic E-state index is 13.6. The fourth-order valence-electron chi connectivity index (χ4n) is 2.96. The van der Waals surface area contributed by atoms with Gasteiger partial charge in [-0.25, -0.2) is 9.18 Å². The minimum atomic E-state index is -3.20. The topological polar surface area (TPSA) is 150 Å². The number of rotatable bonds is 7. The molecule has 10 nitrogen and oxygen atoms in total. The molecule has 3 heterocycles. The van der Waals surface area contributed by atoms with Gasteiger partial charge in [-0.1, -0.05) is 12.1 Å². The lowest BCUT2D eigenvalue weighted by atomic mass is 10.1. The number of halogens is 3. The van der Waals surface area contributed by atoms with Crippen LogP contribution in [0.4, 0.5) is 13.2 Å². The molecule has 170 valence electrons. The number of carboxylic acid groups (broad SMARTS) is 1. The van der Waals surface area contributed by atoms with Gasteiger partial charge in [0.2, 0.25) is 0 Å². The lowest BCUT2D eigenvalue weighted by Gasteiger charge is -2.05. The third kappa shape index (κ3) is 4.33. The Labute approximate surface area is 182 Å². The Kier molecular flexibility index (Phi) is 5.24. The van der Waals surface area contributed by atoms with Crippen LogP contribution in [0.15, 0.2) is 45.2 Å². The van der Waals surface area contributed by atoms with Crippen molar-refractivity contribution in [3.05, 3.63) is 65.1 Å². The van der Waals surface area contributed by atoms with E-state index in [0.29, 0.717) is 6.92 Å². The number of primary amides is 1. The molecule has 0 spiro atoms. The van der Waals surface area contributed by atoms with Crippen LogP contribution >= 0.6 is 0 Å². The number of benzene rings is 1. The lowest BCUT2D eigenvalue weighted by molar-refractivity contribution is -0.00641.